The highest BCUT2D eigenvalue weighted by Crippen LogP contribution is 2.86. The van der Waals surface area contributed by atoms with E-state index in [0.29, 0.717) is 6.54 Å². The van der Waals surface area contributed by atoms with E-state index >= 15 is 0 Å². The van der Waals surface area contributed by atoms with Gasteiger partial charge in [-0.15, -0.1) is 0 Å². The van der Waals surface area contributed by atoms with Crippen molar-refractivity contribution >= 4 is 34.3 Å². The number of carbonyl (C=O) groups excluding carboxylic acids is 4. The number of likely N-dealkylation sites (tertiary alicyclic amines) is 1. The average Bonchev–Trinajstić information content (AvgIpc) is 3.45. The Morgan fingerprint density at radius 1 is 1.00 bits per heavy atom. The second-order valence-corrected chi connectivity index (χ2v) is 15.1. The molecule has 4 aliphatic rings. The largest absolute Gasteiger partial charge is 0.391 e. The number of hydrogen-bond donors (Lipinski definition) is 2. The summed E-state index contributed by atoms with van der Waals surface area (Å²) in [5.41, 5.74) is 1.72. The maximum Gasteiger partial charge on any atom is 0.244 e. The van der Waals surface area contributed by atoms with Gasteiger partial charge in [0.25, 0.3) is 0 Å². The van der Waals surface area contributed by atoms with E-state index in [2.05, 4.69) is 68.6 Å². The Morgan fingerprint density at radius 2 is 1.66 bits per heavy atom. The molecule has 0 spiro atoms. The van der Waals surface area contributed by atoms with Crippen molar-refractivity contribution in [2.24, 2.45) is 28.1 Å². The lowest BCUT2D eigenvalue weighted by Gasteiger charge is -2.74. The Labute approximate surface area is 277 Å². The Bertz CT molecular complexity index is 1730. The fourth-order valence-corrected chi connectivity index (χ4v) is 9.44. The number of nitrogens with one attached hydrogen (secondary N) is 1. The first-order valence-electron chi connectivity index (χ1n) is 16.8. The number of aliphatic hydroxyl groups excluding tert-OH is 1. The van der Waals surface area contributed by atoms with Crippen LogP contribution in [0.15, 0.2) is 72.8 Å². The first-order valence-corrected chi connectivity index (χ1v) is 16.8. The number of nitrogens with zero attached hydrogens (tertiary/aromatic N) is 2. The van der Waals surface area contributed by atoms with Gasteiger partial charge in [-0.1, -0.05) is 99.1 Å². The van der Waals surface area contributed by atoms with Gasteiger partial charge >= 0.3 is 0 Å². The Morgan fingerprint density at radius 3 is 2.32 bits per heavy atom. The van der Waals surface area contributed by atoms with Crippen LogP contribution in [0.5, 0.6) is 0 Å². The average molecular weight is 638 g/mol. The van der Waals surface area contributed by atoms with Gasteiger partial charge in [0.1, 0.15) is 18.0 Å². The van der Waals surface area contributed by atoms with Crippen LogP contribution >= 0.6 is 0 Å². The molecule has 3 aromatic carbocycles. The van der Waals surface area contributed by atoms with Crippen LogP contribution in [0.4, 0.5) is 0 Å². The van der Waals surface area contributed by atoms with Crippen molar-refractivity contribution < 1.29 is 24.3 Å². The molecular formula is C39H47N3O5. The smallest absolute Gasteiger partial charge is 0.244 e. The number of carbonyl (C=O) groups is 4. The number of benzene rings is 3. The van der Waals surface area contributed by atoms with E-state index in [1.807, 2.05) is 37.3 Å². The summed E-state index contributed by atoms with van der Waals surface area (Å²) in [5, 5.41) is 15.8. The summed E-state index contributed by atoms with van der Waals surface area (Å²) in [7, 11) is 1.68. The molecule has 8 atom stereocenters. The molecule has 1 heterocycles. The van der Waals surface area contributed by atoms with Crippen molar-refractivity contribution in [2.75, 3.05) is 13.6 Å². The highest BCUT2D eigenvalue weighted by atomic mass is 16.3. The minimum absolute atomic E-state index is 0.0124. The van der Waals surface area contributed by atoms with Gasteiger partial charge < -0.3 is 20.2 Å². The number of Topliss-reactive ketones (excluding diaryl/α,β-unsaturated/α-hetero) is 1. The molecule has 7 rings (SSSR count). The van der Waals surface area contributed by atoms with Crippen LogP contribution in [0.3, 0.4) is 0 Å². The number of ketones is 1. The highest BCUT2D eigenvalue weighted by Gasteiger charge is 2.85. The molecule has 8 heteroatoms. The van der Waals surface area contributed by atoms with Crippen LogP contribution in [0.2, 0.25) is 0 Å². The minimum Gasteiger partial charge on any atom is -0.391 e. The summed E-state index contributed by atoms with van der Waals surface area (Å²) in [6, 6.07) is 22.8. The maximum absolute atomic E-state index is 13.7. The summed E-state index contributed by atoms with van der Waals surface area (Å²) < 4.78 is 0. The predicted molar refractivity (Wildman–Crippen MR) is 181 cm³/mol. The number of aliphatic hydroxyl groups is 1. The van der Waals surface area contributed by atoms with Crippen LogP contribution in [-0.2, 0) is 25.7 Å². The zero-order chi connectivity index (χ0) is 33.9. The van der Waals surface area contributed by atoms with Gasteiger partial charge in [-0.05, 0) is 59.8 Å². The fourth-order valence-electron chi connectivity index (χ4n) is 9.44. The lowest BCUT2D eigenvalue weighted by atomic mass is 9.28. The Hall–Kier alpha value is -4.04. The molecule has 4 fully saturated rings. The Balaban J connectivity index is 0.000000295. The van der Waals surface area contributed by atoms with Gasteiger partial charge in [0, 0.05) is 32.0 Å². The lowest BCUT2D eigenvalue weighted by Crippen LogP contribution is -2.70. The Kier molecular flexibility index (Phi) is 8.32. The molecule has 8 nitrogen and oxygen atoms in total. The topological polar surface area (TPSA) is 107 Å². The number of β-amino-alcohol motifs (C(OH)–C–C–N with tert-alkyl or cyclic N) is 1. The highest BCUT2D eigenvalue weighted by molar-refractivity contribution is 6.09. The first kappa shape index (κ1) is 32.9. The van der Waals surface area contributed by atoms with Gasteiger partial charge in [0.2, 0.25) is 17.7 Å². The van der Waals surface area contributed by atoms with Crippen LogP contribution in [0.25, 0.3) is 10.8 Å². The van der Waals surface area contributed by atoms with Crippen molar-refractivity contribution in [3.05, 3.63) is 83.9 Å². The minimum atomic E-state index is -0.902. The second-order valence-electron chi connectivity index (χ2n) is 15.1. The molecule has 3 amide bonds. The van der Waals surface area contributed by atoms with Crippen molar-refractivity contribution in [3.63, 3.8) is 0 Å². The summed E-state index contributed by atoms with van der Waals surface area (Å²) >= 11 is 0. The molecule has 3 saturated carbocycles. The molecule has 0 aromatic heterocycles. The van der Waals surface area contributed by atoms with Crippen molar-refractivity contribution in [2.45, 2.75) is 78.6 Å². The maximum atomic E-state index is 13.7. The van der Waals surface area contributed by atoms with Crippen LogP contribution in [0, 0.1) is 35.0 Å². The number of hydrogen-bond acceptors (Lipinski definition) is 5. The van der Waals surface area contributed by atoms with Gasteiger partial charge in [-0.3, -0.25) is 19.2 Å². The van der Waals surface area contributed by atoms with Gasteiger partial charge in [-0.2, -0.15) is 0 Å². The van der Waals surface area contributed by atoms with E-state index in [1.165, 1.54) is 21.2 Å². The number of likely N-dealkylation sites (N-methyl/N-ethyl adjacent to an activating group) is 1. The summed E-state index contributed by atoms with van der Waals surface area (Å²) in [6.45, 7) is 10.5. The predicted octanol–water partition coefficient (Wildman–Crippen LogP) is 4.90. The van der Waals surface area contributed by atoms with E-state index in [9.17, 15) is 24.3 Å². The summed E-state index contributed by atoms with van der Waals surface area (Å²) in [4.78, 5) is 56.3. The monoisotopic (exact) mass is 637 g/mol. The molecule has 2 N–H and O–H groups in total. The molecule has 0 radical (unpaired) electrons. The van der Waals surface area contributed by atoms with E-state index in [-0.39, 0.29) is 47.3 Å². The zero-order valence-electron chi connectivity index (χ0n) is 28.3. The van der Waals surface area contributed by atoms with Gasteiger partial charge in [0.15, 0.2) is 5.78 Å². The van der Waals surface area contributed by atoms with E-state index in [1.54, 1.807) is 18.9 Å². The normalized spacial score (nSPS) is 32.3. The fraction of sp³-hybridized carbons (Fsp3) is 0.487. The number of aryl methyl sites for hydroxylation is 1. The molecule has 47 heavy (non-hydrogen) atoms. The molecule has 0 bridgehead atoms. The molecule has 1 saturated heterocycles. The zero-order valence-corrected chi connectivity index (χ0v) is 28.3. The SMILES string of the molecule is C[C@H](NC(=O)[C@@H]1C[C@@H](O)CN1C(=O)C1C(=O)[C@@]2(C)CC3(C)C[C@H]1C32C)C(=O)N(C)Cc1ccccc1.Cc1ccc2ccccc2c1. The van der Waals surface area contributed by atoms with E-state index < -0.39 is 35.4 Å². The molecule has 248 valence electrons. The molecule has 3 aromatic rings. The molecule has 1 aliphatic heterocycles. The van der Waals surface area contributed by atoms with Crippen LogP contribution < -0.4 is 5.32 Å². The van der Waals surface area contributed by atoms with Crippen molar-refractivity contribution in [1.29, 1.82) is 0 Å². The quantitative estimate of drug-likeness (QED) is 0.374. The van der Waals surface area contributed by atoms with E-state index in [0.717, 1.165) is 18.4 Å². The third-order valence-electron chi connectivity index (χ3n) is 12.2. The van der Waals surface area contributed by atoms with Crippen molar-refractivity contribution in [3.8, 4) is 0 Å². The number of amides is 3. The van der Waals surface area contributed by atoms with Crippen LogP contribution in [0.1, 0.15) is 58.1 Å². The second kappa shape index (κ2) is 11.9. The third kappa shape index (κ3) is 5.25. The third-order valence-corrected chi connectivity index (χ3v) is 12.2. The summed E-state index contributed by atoms with van der Waals surface area (Å²) in [5.74, 6) is -1.86. The summed E-state index contributed by atoms with van der Waals surface area (Å²) in [6.07, 6.45) is 0.893. The first-order chi connectivity index (χ1) is 22.2. The molecule has 3 unspecified atom stereocenters. The number of rotatable bonds is 6. The van der Waals surface area contributed by atoms with E-state index in [4.69, 9.17) is 0 Å². The van der Waals surface area contributed by atoms with Gasteiger partial charge in [-0.25, -0.2) is 0 Å². The lowest BCUT2D eigenvalue weighted by molar-refractivity contribution is -0.270. The molecule has 3 aliphatic carbocycles. The number of fused-ring (bicyclic) bond motifs is 1. The standard InChI is InChI=1S/C28H37N3O5.C11H10/c1-16(24(35)30(5)13-17-9-7-6-8-10-17)29-23(34)20-11-18(32)14-31(20)25(36)21-19-12-26(2)15-27(3,22(21)33)28(19,26)4;1-9-6-7-10-4-2-3-5-11(10)8-9/h6-10,16,18-21,32H,11-15H2,1-5H3,(H,29,34);2-8H,1H3/t16-,18+,19+,20-,21?,26?,27+,28?;/m0./s1. The van der Waals surface area contributed by atoms with Gasteiger partial charge in [0.05, 0.1) is 6.10 Å². The molecular weight excluding hydrogens is 590 g/mol. The van der Waals surface area contributed by atoms with Crippen molar-refractivity contribution in [1.82, 2.24) is 15.1 Å². The van der Waals surface area contributed by atoms with Crippen LogP contribution in [-0.4, -0.2) is 70.2 Å².